The van der Waals surface area contributed by atoms with Crippen molar-refractivity contribution in [2.45, 2.75) is 19.1 Å². The SMILES string of the molecule is CCNC(=O)CSc1nnc(-c2ccccc2OCC)o1. The molecule has 1 aromatic heterocycles. The number of carbonyl (C=O) groups is 1. The van der Waals surface area contributed by atoms with Crippen LogP contribution in [0.25, 0.3) is 11.5 Å². The zero-order chi connectivity index (χ0) is 15.1. The summed E-state index contributed by atoms with van der Waals surface area (Å²) < 4.78 is 11.1. The molecule has 112 valence electrons. The molecular formula is C14H17N3O3S. The number of nitrogens with one attached hydrogen (secondary N) is 1. The van der Waals surface area contributed by atoms with Gasteiger partial charge in [0.2, 0.25) is 5.91 Å². The van der Waals surface area contributed by atoms with Crippen molar-refractivity contribution in [2.24, 2.45) is 0 Å². The maximum Gasteiger partial charge on any atom is 0.277 e. The van der Waals surface area contributed by atoms with E-state index < -0.39 is 0 Å². The lowest BCUT2D eigenvalue weighted by molar-refractivity contribution is -0.118. The molecule has 1 amide bonds. The molecule has 0 aliphatic rings. The lowest BCUT2D eigenvalue weighted by Crippen LogP contribution is -2.24. The van der Waals surface area contributed by atoms with Gasteiger partial charge in [-0.2, -0.15) is 0 Å². The minimum atomic E-state index is -0.0584. The Balaban J connectivity index is 2.07. The molecule has 0 saturated carbocycles. The van der Waals surface area contributed by atoms with E-state index in [4.69, 9.17) is 9.15 Å². The lowest BCUT2D eigenvalue weighted by Gasteiger charge is -2.06. The lowest BCUT2D eigenvalue weighted by atomic mass is 10.2. The first-order chi connectivity index (χ1) is 10.2. The normalized spacial score (nSPS) is 10.4. The highest BCUT2D eigenvalue weighted by atomic mass is 32.2. The summed E-state index contributed by atoms with van der Waals surface area (Å²) in [6.45, 7) is 4.95. The van der Waals surface area contributed by atoms with E-state index in [1.165, 1.54) is 11.8 Å². The monoisotopic (exact) mass is 307 g/mol. The zero-order valence-electron chi connectivity index (χ0n) is 12.0. The van der Waals surface area contributed by atoms with Gasteiger partial charge in [0.25, 0.3) is 11.1 Å². The van der Waals surface area contributed by atoms with E-state index in [-0.39, 0.29) is 11.7 Å². The Morgan fingerprint density at radius 1 is 1.33 bits per heavy atom. The second-order valence-electron chi connectivity index (χ2n) is 4.04. The second kappa shape index (κ2) is 7.68. The molecule has 1 aromatic carbocycles. The number of thioether (sulfide) groups is 1. The largest absolute Gasteiger partial charge is 0.493 e. The number of hydrogen-bond acceptors (Lipinski definition) is 6. The molecule has 1 heterocycles. The highest BCUT2D eigenvalue weighted by molar-refractivity contribution is 7.99. The van der Waals surface area contributed by atoms with Gasteiger partial charge in [0, 0.05) is 6.54 Å². The van der Waals surface area contributed by atoms with E-state index in [0.29, 0.717) is 30.0 Å². The van der Waals surface area contributed by atoms with Crippen LogP contribution in [-0.4, -0.2) is 35.0 Å². The number of benzene rings is 1. The summed E-state index contributed by atoms with van der Waals surface area (Å²) in [5.41, 5.74) is 0.747. The van der Waals surface area contributed by atoms with Crippen LogP contribution in [0.5, 0.6) is 5.75 Å². The van der Waals surface area contributed by atoms with Gasteiger partial charge in [0.05, 0.1) is 17.9 Å². The predicted octanol–water partition coefficient (Wildman–Crippen LogP) is 2.36. The smallest absolute Gasteiger partial charge is 0.277 e. The van der Waals surface area contributed by atoms with Crippen molar-refractivity contribution in [3.63, 3.8) is 0 Å². The summed E-state index contributed by atoms with van der Waals surface area (Å²) in [5.74, 6) is 1.28. The highest BCUT2D eigenvalue weighted by Crippen LogP contribution is 2.30. The number of carbonyl (C=O) groups excluding carboxylic acids is 1. The van der Waals surface area contributed by atoms with Crippen LogP contribution in [0.4, 0.5) is 0 Å². The first-order valence-electron chi connectivity index (χ1n) is 6.69. The number of rotatable bonds is 7. The molecular weight excluding hydrogens is 290 g/mol. The first-order valence-corrected chi connectivity index (χ1v) is 7.68. The van der Waals surface area contributed by atoms with Gasteiger partial charge >= 0.3 is 0 Å². The third kappa shape index (κ3) is 4.22. The third-order valence-electron chi connectivity index (χ3n) is 2.52. The van der Waals surface area contributed by atoms with Crippen molar-refractivity contribution >= 4 is 17.7 Å². The topological polar surface area (TPSA) is 77.2 Å². The van der Waals surface area contributed by atoms with Crippen LogP contribution < -0.4 is 10.1 Å². The fourth-order valence-corrected chi connectivity index (χ4v) is 2.27. The van der Waals surface area contributed by atoms with E-state index in [1.807, 2.05) is 38.1 Å². The Hall–Kier alpha value is -2.02. The second-order valence-corrected chi connectivity index (χ2v) is 4.97. The average Bonchev–Trinajstić information content (AvgIpc) is 2.95. The van der Waals surface area contributed by atoms with Crippen LogP contribution >= 0.6 is 11.8 Å². The quantitative estimate of drug-likeness (QED) is 0.791. The molecule has 0 unspecified atom stereocenters. The van der Waals surface area contributed by atoms with Gasteiger partial charge in [-0.25, -0.2) is 0 Å². The molecule has 0 bridgehead atoms. The highest BCUT2D eigenvalue weighted by Gasteiger charge is 2.14. The summed E-state index contributed by atoms with van der Waals surface area (Å²) in [5, 5.41) is 11.0. The van der Waals surface area contributed by atoms with Crippen LogP contribution in [0.15, 0.2) is 33.9 Å². The van der Waals surface area contributed by atoms with Crippen LogP contribution in [0.2, 0.25) is 0 Å². The first kappa shape index (κ1) is 15.4. The Kier molecular flexibility index (Phi) is 5.62. The Labute approximate surface area is 127 Å². The van der Waals surface area contributed by atoms with Gasteiger partial charge in [-0.3, -0.25) is 4.79 Å². The van der Waals surface area contributed by atoms with Gasteiger partial charge in [0.15, 0.2) is 0 Å². The maximum absolute atomic E-state index is 11.4. The fraction of sp³-hybridized carbons (Fsp3) is 0.357. The summed E-state index contributed by atoms with van der Waals surface area (Å²) in [6, 6.07) is 7.47. The summed E-state index contributed by atoms with van der Waals surface area (Å²) in [6.07, 6.45) is 0. The average molecular weight is 307 g/mol. The Morgan fingerprint density at radius 2 is 2.14 bits per heavy atom. The molecule has 2 aromatic rings. The van der Waals surface area contributed by atoms with Gasteiger partial charge in [-0.05, 0) is 26.0 Å². The van der Waals surface area contributed by atoms with Crippen LogP contribution in [-0.2, 0) is 4.79 Å². The molecule has 6 nitrogen and oxygen atoms in total. The van der Waals surface area contributed by atoms with Crippen LogP contribution in [0.3, 0.4) is 0 Å². The summed E-state index contributed by atoms with van der Waals surface area (Å²) in [4.78, 5) is 11.4. The van der Waals surface area contributed by atoms with Crippen LogP contribution in [0, 0.1) is 0 Å². The number of amides is 1. The van der Waals surface area contributed by atoms with E-state index in [9.17, 15) is 4.79 Å². The molecule has 2 rings (SSSR count). The van der Waals surface area contributed by atoms with Gasteiger partial charge in [0.1, 0.15) is 5.75 Å². The number of nitrogens with zero attached hydrogens (tertiary/aromatic N) is 2. The van der Waals surface area contributed by atoms with E-state index in [2.05, 4.69) is 15.5 Å². The van der Waals surface area contributed by atoms with Crippen molar-refractivity contribution in [3.05, 3.63) is 24.3 Å². The molecule has 0 spiro atoms. The zero-order valence-corrected chi connectivity index (χ0v) is 12.8. The van der Waals surface area contributed by atoms with Crippen molar-refractivity contribution in [2.75, 3.05) is 18.9 Å². The molecule has 0 aliphatic carbocycles. The van der Waals surface area contributed by atoms with Gasteiger partial charge in [-0.1, -0.05) is 23.9 Å². The van der Waals surface area contributed by atoms with Crippen molar-refractivity contribution in [1.29, 1.82) is 0 Å². The Morgan fingerprint density at radius 3 is 2.90 bits per heavy atom. The van der Waals surface area contributed by atoms with Crippen molar-refractivity contribution in [3.8, 4) is 17.2 Å². The van der Waals surface area contributed by atoms with Gasteiger partial charge in [-0.15, -0.1) is 10.2 Å². The Bertz CT molecular complexity index is 601. The molecule has 0 aliphatic heterocycles. The van der Waals surface area contributed by atoms with E-state index in [0.717, 1.165) is 5.56 Å². The number of aromatic nitrogens is 2. The predicted molar refractivity (Wildman–Crippen MR) is 80.3 cm³/mol. The fourth-order valence-electron chi connectivity index (χ4n) is 1.68. The van der Waals surface area contributed by atoms with Crippen LogP contribution in [0.1, 0.15) is 13.8 Å². The molecule has 7 heteroatoms. The molecule has 21 heavy (non-hydrogen) atoms. The molecule has 0 atom stereocenters. The summed E-state index contributed by atoms with van der Waals surface area (Å²) >= 11 is 1.21. The number of ether oxygens (including phenoxy) is 1. The van der Waals surface area contributed by atoms with Crippen molar-refractivity contribution in [1.82, 2.24) is 15.5 Å². The molecule has 0 saturated heterocycles. The molecule has 0 radical (unpaired) electrons. The number of hydrogen-bond donors (Lipinski definition) is 1. The van der Waals surface area contributed by atoms with Gasteiger partial charge < -0.3 is 14.5 Å². The minimum absolute atomic E-state index is 0.0584. The van der Waals surface area contributed by atoms with E-state index >= 15 is 0 Å². The molecule has 0 fully saturated rings. The van der Waals surface area contributed by atoms with Crippen molar-refractivity contribution < 1.29 is 13.9 Å². The summed E-state index contributed by atoms with van der Waals surface area (Å²) in [7, 11) is 0. The third-order valence-corrected chi connectivity index (χ3v) is 3.34. The van der Waals surface area contributed by atoms with E-state index in [1.54, 1.807) is 0 Å². The standard InChI is InChI=1S/C14H17N3O3S/c1-3-15-12(18)9-21-14-17-16-13(20-14)10-7-5-6-8-11(10)19-4-2/h5-8H,3-4,9H2,1-2H3,(H,15,18). The maximum atomic E-state index is 11.4. The molecule has 1 N–H and O–H groups in total. The number of para-hydroxylation sites is 1. The minimum Gasteiger partial charge on any atom is -0.493 e.